The van der Waals surface area contributed by atoms with Gasteiger partial charge in [-0.15, -0.1) is 0 Å². The fourth-order valence-corrected chi connectivity index (χ4v) is 1.18. The number of allylic oxidation sites excluding steroid dienone is 8. The molecule has 0 aliphatic carbocycles. The van der Waals surface area contributed by atoms with Crippen LogP contribution in [0.25, 0.3) is 0 Å². The molecule has 0 saturated heterocycles. The highest BCUT2D eigenvalue weighted by Crippen LogP contribution is 2.11. The second kappa shape index (κ2) is 17.0. The van der Waals surface area contributed by atoms with Crippen molar-refractivity contribution in [2.24, 2.45) is 0 Å². The minimum Gasteiger partial charge on any atom is -0.0764 e. The SMILES string of the molecule is CC.CC.CC(C)=C/C=C(\C)C/C(C)=C/C=C(C)C. The molecule has 19 heavy (non-hydrogen) atoms. The molecule has 0 N–H and O–H groups in total. The Balaban J connectivity index is -0.000000579. The zero-order valence-electron chi connectivity index (χ0n) is 15.0. The predicted octanol–water partition coefficient (Wildman–Crippen LogP) is 7.25. The van der Waals surface area contributed by atoms with E-state index in [-0.39, 0.29) is 0 Å². The average molecular weight is 264 g/mol. The molecule has 0 aromatic heterocycles. The zero-order chi connectivity index (χ0) is 15.8. The van der Waals surface area contributed by atoms with E-state index < -0.39 is 0 Å². The van der Waals surface area contributed by atoms with Gasteiger partial charge in [-0.2, -0.15) is 0 Å². The van der Waals surface area contributed by atoms with Gasteiger partial charge >= 0.3 is 0 Å². The van der Waals surface area contributed by atoms with Gasteiger partial charge in [0.05, 0.1) is 0 Å². The van der Waals surface area contributed by atoms with Gasteiger partial charge in [-0.05, 0) is 48.0 Å². The molecule has 112 valence electrons. The highest BCUT2D eigenvalue weighted by Gasteiger charge is 1.90. The lowest BCUT2D eigenvalue weighted by atomic mass is 10.1. The van der Waals surface area contributed by atoms with Gasteiger partial charge in [0.15, 0.2) is 0 Å². The second-order valence-electron chi connectivity index (χ2n) is 4.69. The average Bonchev–Trinajstić information content (AvgIpc) is 2.38. The van der Waals surface area contributed by atoms with Crippen LogP contribution in [0.4, 0.5) is 0 Å². The predicted molar refractivity (Wildman–Crippen MR) is 93.7 cm³/mol. The molecule has 0 fully saturated rings. The molecular formula is C19H36. The Bertz CT molecular complexity index is 269. The quantitative estimate of drug-likeness (QED) is 0.469. The molecule has 0 aromatic rings. The van der Waals surface area contributed by atoms with Gasteiger partial charge in [0.25, 0.3) is 0 Å². The Hall–Kier alpha value is -1.04. The van der Waals surface area contributed by atoms with Crippen molar-refractivity contribution < 1.29 is 0 Å². The van der Waals surface area contributed by atoms with Gasteiger partial charge in [-0.1, -0.05) is 74.3 Å². The summed E-state index contributed by atoms with van der Waals surface area (Å²) in [4.78, 5) is 0. The van der Waals surface area contributed by atoms with Crippen molar-refractivity contribution in [2.75, 3.05) is 0 Å². The van der Waals surface area contributed by atoms with Crippen molar-refractivity contribution in [1.82, 2.24) is 0 Å². The first kappa shape index (κ1) is 23.1. The Kier molecular flexibility index (Phi) is 20.6. The number of hydrogen-bond donors (Lipinski definition) is 0. The summed E-state index contributed by atoms with van der Waals surface area (Å²) in [5.41, 5.74) is 5.51. The minimum absolute atomic E-state index is 1.06. The standard InChI is InChI=1S/C15H24.2C2H6/c1-12(2)7-9-14(5)11-15(6)10-8-13(3)4;2*1-2/h7-10H,11H2,1-6H3;2*1-2H3/b14-9+,15-10+;;. The van der Waals surface area contributed by atoms with Crippen LogP contribution in [0, 0.1) is 0 Å². The summed E-state index contributed by atoms with van der Waals surface area (Å²) in [6.07, 6.45) is 9.81. The van der Waals surface area contributed by atoms with Gasteiger partial charge in [0, 0.05) is 0 Å². The monoisotopic (exact) mass is 264 g/mol. The van der Waals surface area contributed by atoms with E-state index in [1.807, 2.05) is 27.7 Å². The van der Waals surface area contributed by atoms with Crippen LogP contribution < -0.4 is 0 Å². The minimum atomic E-state index is 1.06. The first-order chi connectivity index (χ1) is 8.91. The van der Waals surface area contributed by atoms with Crippen molar-refractivity contribution in [3.63, 3.8) is 0 Å². The van der Waals surface area contributed by atoms with E-state index in [1.165, 1.54) is 22.3 Å². The van der Waals surface area contributed by atoms with Crippen molar-refractivity contribution in [3.8, 4) is 0 Å². The Labute approximate surface area is 123 Å². The fourth-order valence-electron chi connectivity index (χ4n) is 1.18. The van der Waals surface area contributed by atoms with E-state index in [0.717, 1.165) is 6.42 Å². The summed E-state index contributed by atoms with van der Waals surface area (Å²) in [6, 6.07) is 0. The van der Waals surface area contributed by atoms with E-state index in [9.17, 15) is 0 Å². The summed E-state index contributed by atoms with van der Waals surface area (Å²) in [7, 11) is 0. The van der Waals surface area contributed by atoms with Crippen LogP contribution in [0.3, 0.4) is 0 Å². The maximum atomic E-state index is 2.20. The van der Waals surface area contributed by atoms with Gasteiger partial charge < -0.3 is 0 Å². The lowest BCUT2D eigenvalue weighted by Crippen LogP contribution is -1.79. The third kappa shape index (κ3) is 22.6. The van der Waals surface area contributed by atoms with E-state index in [1.54, 1.807) is 0 Å². The lowest BCUT2D eigenvalue weighted by molar-refractivity contribution is 1.10. The van der Waals surface area contributed by atoms with E-state index in [2.05, 4.69) is 65.8 Å². The van der Waals surface area contributed by atoms with E-state index in [0.29, 0.717) is 0 Å². The third-order valence-electron chi connectivity index (χ3n) is 1.96. The Morgan fingerprint density at radius 2 is 0.789 bits per heavy atom. The first-order valence-corrected chi connectivity index (χ1v) is 7.53. The third-order valence-corrected chi connectivity index (χ3v) is 1.96. The van der Waals surface area contributed by atoms with Crippen LogP contribution in [0.5, 0.6) is 0 Å². The van der Waals surface area contributed by atoms with Crippen molar-refractivity contribution in [3.05, 3.63) is 46.6 Å². The molecular weight excluding hydrogens is 228 g/mol. The van der Waals surface area contributed by atoms with E-state index in [4.69, 9.17) is 0 Å². The molecule has 0 heteroatoms. The van der Waals surface area contributed by atoms with Crippen LogP contribution in [-0.2, 0) is 0 Å². The topological polar surface area (TPSA) is 0 Å². The molecule has 0 atom stereocenters. The summed E-state index contributed by atoms with van der Waals surface area (Å²) in [5.74, 6) is 0. The summed E-state index contributed by atoms with van der Waals surface area (Å²) in [6.45, 7) is 20.8. The Morgan fingerprint density at radius 3 is 1.00 bits per heavy atom. The zero-order valence-corrected chi connectivity index (χ0v) is 15.0. The molecule has 0 saturated carbocycles. The van der Waals surface area contributed by atoms with Gasteiger partial charge in [-0.3, -0.25) is 0 Å². The molecule has 0 bridgehead atoms. The van der Waals surface area contributed by atoms with Crippen LogP contribution in [0.2, 0.25) is 0 Å². The first-order valence-electron chi connectivity index (χ1n) is 7.53. The second-order valence-corrected chi connectivity index (χ2v) is 4.69. The molecule has 0 spiro atoms. The summed E-state index contributed by atoms with van der Waals surface area (Å²) in [5, 5.41) is 0. The van der Waals surface area contributed by atoms with Crippen molar-refractivity contribution in [2.45, 2.75) is 75.7 Å². The van der Waals surface area contributed by atoms with E-state index >= 15 is 0 Å². The van der Waals surface area contributed by atoms with Crippen molar-refractivity contribution in [1.29, 1.82) is 0 Å². The maximum Gasteiger partial charge on any atom is -0.0108 e. The summed E-state index contributed by atoms with van der Waals surface area (Å²) < 4.78 is 0. The van der Waals surface area contributed by atoms with Gasteiger partial charge in [0.1, 0.15) is 0 Å². The number of rotatable bonds is 4. The van der Waals surface area contributed by atoms with Gasteiger partial charge in [0.2, 0.25) is 0 Å². The van der Waals surface area contributed by atoms with Crippen LogP contribution in [0.1, 0.15) is 75.7 Å². The smallest absolute Gasteiger partial charge is 0.0108 e. The normalized spacial score (nSPS) is 10.4. The highest BCUT2D eigenvalue weighted by atomic mass is 14.0. The molecule has 0 nitrogen and oxygen atoms in total. The summed E-state index contributed by atoms with van der Waals surface area (Å²) >= 11 is 0. The lowest BCUT2D eigenvalue weighted by Gasteiger charge is -2.00. The molecule has 0 amide bonds. The van der Waals surface area contributed by atoms with Crippen LogP contribution in [-0.4, -0.2) is 0 Å². The van der Waals surface area contributed by atoms with Crippen LogP contribution >= 0.6 is 0 Å². The van der Waals surface area contributed by atoms with Gasteiger partial charge in [-0.25, -0.2) is 0 Å². The molecule has 0 radical (unpaired) electrons. The highest BCUT2D eigenvalue weighted by molar-refractivity contribution is 5.22. The number of hydrogen-bond acceptors (Lipinski definition) is 0. The molecule has 0 aliphatic heterocycles. The molecule has 0 unspecified atom stereocenters. The molecule has 0 heterocycles. The van der Waals surface area contributed by atoms with Crippen molar-refractivity contribution >= 4 is 0 Å². The molecule has 0 aromatic carbocycles. The molecule has 0 aliphatic rings. The molecule has 0 rings (SSSR count). The maximum absolute atomic E-state index is 2.20. The largest absolute Gasteiger partial charge is 0.0764 e. The Morgan fingerprint density at radius 1 is 0.526 bits per heavy atom. The fraction of sp³-hybridized carbons (Fsp3) is 0.579. The van der Waals surface area contributed by atoms with Crippen LogP contribution in [0.15, 0.2) is 46.6 Å².